The average molecular weight is 825 g/mol. The Morgan fingerprint density at radius 2 is 1.07 bits per heavy atom. The molecule has 0 radical (unpaired) electrons. The Bertz CT molecular complexity index is 1740. The highest BCUT2D eigenvalue weighted by molar-refractivity contribution is 5.87. The van der Waals surface area contributed by atoms with Gasteiger partial charge in [-0.1, -0.05) is 12.1 Å². The number of carbonyl (C=O) groups excluding carboxylic acids is 9. The Morgan fingerprint density at radius 1 is 0.569 bits per heavy atom. The van der Waals surface area contributed by atoms with Gasteiger partial charge in [-0.25, -0.2) is 4.79 Å². The van der Waals surface area contributed by atoms with Crippen LogP contribution in [-0.4, -0.2) is 128 Å². The van der Waals surface area contributed by atoms with Crippen molar-refractivity contribution in [3.05, 3.63) is 35.9 Å². The third-order valence-electron chi connectivity index (χ3n) is 7.74. The Balaban J connectivity index is 2.21. The minimum absolute atomic E-state index is 0.230. The lowest BCUT2D eigenvalue weighted by Gasteiger charge is -2.46. The topological polar surface area (TPSA) is 264 Å². The molecule has 0 bridgehead atoms. The summed E-state index contributed by atoms with van der Waals surface area (Å²) in [4.78, 5) is 111. The molecule has 0 amide bonds. The van der Waals surface area contributed by atoms with Gasteiger partial charge in [-0.15, -0.1) is 0 Å². The molecule has 0 N–H and O–H groups in total. The minimum Gasteiger partial charge on any atom is -0.463 e. The largest absolute Gasteiger partial charge is 0.463 e. The average Bonchev–Trinajstić information content (AvgIpc) is 3.37. The molecular weight excluding hydrogens is 780 g/mol. The first-order valence-corrected chi connectivity index (χ1v) is 17.5. The number of hydrogen-bond donors (Lipinski definition) is 0. The van der Waals surface area contributed by atoms with Gasteiger partial charge in [0.05, 0.1) is 0 Å². The lowest BCUT2D eigenvalue weighted by atomic mass is 9.97. The zero-order valence-electron chi connectivity index (χ0n) is 32.8. The van der Waals surface area contributed by atoms with Crippen molar-refractivity contribution in [1.29, 1.82) is 0 Å². The first-order valence-electron chi connectivity index (χ1n) is 17.5. The third kappa shape index (κ3) is 13.9. The maximum atomic E-state index is 13.6. The molecule has 0 aromatic heterocycles. The summed E-state index contributed by atoms with van der Waals surface area (Å²) in [5.41, 5.74) is 0.430. The lowest BCUT2D eigenvalue weighted by molar-refractivity contribution is -0.384. The van der Waals surface area contributed by atoms with Gasteiger partial charge in [0.15, 0.2) is 30.5 Å². The van der Waals surface area contributed by atoms with E-state index in [-0.39, 0.29) is 5.75 Å². The second kappa shape index (κ2) is 21.0. The van der Waals surface area contributed by atoms with Crippen molar-refractivity contribution >= 4 is 59.8 Å². The Kier molecular flexibility index (Phi) is 16.8. The maximum Gasteiger partial charge on any atom is 0.331 e. The van der Waals surface area contributed by atoms with E-state index >= 15 is 0 Å². The van der Waals surface area contributed by atoms with Crippen LogP contribution in [0, 0.1) is 0 Å². The van der Waals surface area contributed by atoms with Crippen LogP contribution in [0.15, 0.2) is 30.3 Å². The van der Waals surface area contributed by atoms with Gasteiger partial charge in [0, 0.05) is 61.5 Å². The Morgan fingerprint density at radius 3 is 1.59 bits per heavy atom. The van der Waals surface area contributed by atoms with E-state index in [0.717, 1.165) is 54.5 Å². The highest BCUT2D eigenvalue weighted by atomic mass is 16.8. The van der Waals surface area contributed by atoms with Gasteiger partial charge < -0.3 is 56.8 Å². The third-order valence-corrected chi connectivity index (χ3v) is 7.74. The van der Waals surface area contributed by atoms with Crippen LogP contribution in [0.4, 0.5) is 0 Å². The van der Waals surface area contributed by atoms with Gasteiger partial charge in [-0.2, -0.15) is 0 Å². The van der Waals surface area contributed by atoms with Crippen LogP contribution in [-0.2, 0) is 95.3 Å². The van der Waals surface area contributed by atoms with Crippen LogP contribution < -0.4 is 4.74 Å². The molecule has 1 aromatic carbocycles. The molecule has 318 valence electrons. The lowest BCUT2D eigenvalue weighted by Crippen LogP contribution is -2.65. The predicted molar refractivity (Wildman–Crippen MR) is 186 cm³/mol. The molecule has 0 spiro atoms. The molecule has 0 aliphatic carbocycles. The van der Waals surface area contributed by atoms with Crippen molar-refractivity contribution in [2.75, 3.05) is 19.8 Å². The standard InChI is InChI=1S/C37H44O21/c1-18(38)47-15-28-31(51-22(5)42)33(53-24(7)44)34(54-25(8)45)36(55-28)58-37(17-49-20(3)40)35(32(52-23(6)43)29(57-37)16-48-19(2)39)56-30(46)14-11-26-9-12-27(13-10-26)50-21(4)41/h9-14,28-29,31-36H,15-17H2,1-8H3/b14-11+/t28-,29-,31-,32-,33+,34-,35+,36-,37+/m1/s1. The molecule has 2 aliphatic rings. The van der Waals surface area contributed by atoms with Crippen LogP contribution in [0.3, 0.4) is 0 Å². The van der Waals surface area contributed by atoms with Crippen LogP contribution in [0.5, 0.6) is 5.75 Å². The molecule has 21 heteroatoms. The van der Waals surface area contributed by atoms with Gasteiger partial charge in [0.2, 0.25) is 12.1 Å². The number of carbonyl (C=O) groups is 9. The predicted octanol–water partition coefficient (Wildman–Crippen LogP) is 0.790. The molecule has 0 unspecified atom stereocenters. The zero-order chi connectivity index (χ0) is 43.3. The molecule has 2 heterocycles. The van der Waals surface area contributed by atoms with Crippen molar-refractivity contribution in [3.8, 4) is 5.75 Å². The summed E-state index contributed by atoms with van der Waals surface area (Å²) >= 11 is 0. The van der Waals surface area contributed by atoms with E-state index in [1.165, 1.54) is 37.3 Å². The van der Waals surface area contributed by atoms with E-state index in [1.54, 1.807) is 0 Å². The van der Waals surface area contributed by atoms with Gasteiger partial charge in [-0.3, -0.25) is 38.4 Å². The normalized spacial score (nSPS) is 26.3. The fourth-order valence-electron chi connectivity index (χ4n) is 5.72. The summed E-state index contributed by atoms with van der Waals surface area (Å²) in [6, 6.07) is 5.93. The molecule has 21 nitrogen and oxygen atoms in total. The van der Waals surface area contributed by atoms with Crippen LogP contribution >= 0.6 is 0 Å². The van der Waals surface area contributed by atoms with Gasteiger partial charge in [-0.05, 0) is 23.8 Å². The highest BCUT2D eigenvalue weighted by Crippen LogP contribution is 2.41. The first kappa shape index (κ1) is 46.5. The second-order valence-corrected chi connectivity index (χ2v) is 12.7. The van der Waals surface area contributed by atoms with E-state index in [2.05, 4.69) is 0 Å². The molecule has 2 aliphatic heterocycles. The molecule has 9 atom stereocenters. The molecule has 1 aromatic rings. The fourth-order valence-corrected chi connectivity index (χ4v) is 5.72. The summed E-state index contributed by atoms with van der Waals surface area (Å²) in [7, 11) is 0. The highest BCUT2D eigenvalue weighted by Gasteiger charge is 2.65. The SMILES string of the molecule is CC(=O)OC[C@H]1O[C@@](COC(C)=O)(O[C@H]2O[C@H](COC(C)=O)[C@@H](OC(C)=O)[C@H](OC(C)=O)[C@H]2OC(C)=O)[C@@H](OC(=O)/C=C/c2ccc(OC(C)=O)cc2)[C@@H]1OC(C)=O. The molecule has 2 fully saturated rings. The number of benzene rings is 1. The molecular formula is C37H44O21. The number of rotatable bonds is 16. The zero-order valence-corrected chi connectivity index (χ0v) is 32.8. The van der Waals surface area contributed by atoms with E-state index in [1.807, 2.05) is 0 Å². The van der Waals surface area contributed by atoms with Crippen LogP contribution in [0.2, 0.25) is 0 Å². The van der Waals surface area contributed by atoms with E-state index < -0.39 is 128 Å². The van der Waals surface area contributed by atoms with Crippen molar-refractivity contribution in [2.24, 2.45) is 0 Å². The van der Waals surface area contributed by atoms with Gasteiger partial charge in [0.1, 0.15) is 37.8 Å². The van der Waals surface area contributed by atoms with Crippen molar-refractivity contribution in [1.82, 2.24) is 0 Å². The fraction of sp³-hybridized carbons (Fsp3) is 0.541. The van der Waals surface area contributed by atoms with E-state index in [0.29, 0.717) is 5.56 Å². The second-order valence-electron chi connectivity index (χ2n) is 12.7. The summed E-state index contributed by atoms with van der Waals surface area (Å²) in [5.74, 6) is -10.4. The van der Waals surface area contributed by atoms with Crippen LogP contribution in [0.25, 0.3) is 6.08 Å². The van der Waals surface area contributed by atoms with E-state index in [4.69, 9.17) is 56.8 Å². The summed E-state index contributed by atoms with van der Waals surface area (Å²) in [5, 5.41) is 0. The number of esters is 9. The maximum absolute atomic E-state index is 13.6. The van der Waals surface area contributed by atoms with Crippen molar-refractivity contribution in [2.45, 2.75) is 110 Å². The number of ether oxygens (including phenoxy) is 12. The van der Waals surface area contributed by atoms with Gasteiger partial charge >= 0.3 is 53.7 Å². The quantitative estimate of drug-likeness (QED) is 0.0965. The summed E-state index contributed by atoms with van der Waals surface area (Å²) < 4.78 is 66.8. The monoisotopic (exact) mass is 824 g/mol. The molecule has 58 heavy (non-hydrogen) atoms. The smallest absolute Gasteiger partial charge is 0.331 e. The molecule has 3 rings (SSSR count). The summed E-state index contributed by atoms with van der Waals surface area (Å²) in [6.07, 6.45) is -11.6. The summed E-state index contributed by atoms with van der Waals surface area (Å²) in [6.45, 7) is 6.04. The first-order chi connectivity index (χ1) is 27.2. The van der Waals surface area contributed by atoms with Crippen molar-refractivity contribution < 1.29 is 100.0 Å². The Labute approximate surface area is 331 Å². The number of hydrogen-bond acceptors (Lipinski definition) is 21. The molecule has 0 saturated carbocycles. The van der Waals surface area contributed by atoms with Crippen molar-refractivity contribution in [3.63, 3.8) is 0 Å². The molecule has 2 saturated heterocycles. The Hall–Kier alpha value is -5.93. The van der Waals surface area contributed by atoms with E-state index in [9.17, 15) is 43.2 Å². The minimum atomic E-state index is -2.62. The van der Waals surface area contributed by atoms with Crippen LogP contribution in [0.1, 0.15) is 61.0 Å². The van der Waals surface area contributed by atoms with Gasteiger partial charge in [0.25, 0.3) is 0 Å².